The smallest absolute Gasteiger partial charge is 0.260 e. The van der Waals surface area contributed by atoms with Crippen LogP contribution in [0.25, 0.3) is 0 Å². The van der Waals surface area contributed by atoms with E-state index >= 15 is 0 Å². The minimum atomic E-state index is -0.504. The van der Waals surface area contributed by atoms with Gasteiger partial charge in [-0.3, -0.25) is 14.8 Å². The van der Waals surface area contributed by atoms with Crippen molar-refractivity contribution in [2.75, 3.05) is 0 Å². The molecule has 0 radical (unpaired) electrons. The Morgan fingerprint density at radius 2 is 2.31 bits per heavy atom. The third-order valence-electron chi connectivity index (χ3n) is 1.84. The second-order valence-corrected chi connectivity index (χ2v) is 3.37. The summed E-state index contributed by atoms with van der Waals surface area (Å²) in [5.41, 5.74) is 0.582. The van der Waals surface area contributed by atoms with E-state index in [0.717, 1.165) is 0 Å². The summed E-state index contributed by atoms with van der Waals surface area (Å²) in [5, 5.41) is 14.6. The molecule has 0 spiro atoms. The number of hydrogen-bond acceptors (Lipinski definition) is 5. The van der Waals surface area contributed by atoms with Crippen LogP contribution >= 0.6 is 11.6 Å². The SMILES string of the molecule is O=[N+]([O-])c1cnn(Cc2cc(Cl)ncn2)c1. The van der Waals surface area contributed by atoms with Crippen molar-refractivity contribution in [2.45, 2.75) is 6.54 Å². The van der Waals surface area contributed by atoms with Gasteiger partial charge in [-0.2, -0.15) is 5.10 Å². The Morgan fingerprint density at radius 1 is 1.50 bits per heavy atom. The van der Waals surface area contributed by atoms with Crippen LogP contribution in [0.2, 0.25) is 5.15 Å². The third-order valence-corrected chi connectivity index (χ3v) is 2.05. The van der Waals surface area contributed by atoms with Gasteiger partial charge >= 0.3 is 5.69 Å². The highest BCUT2D eigenvalue weighted by atomic mass is 35.5. The van der Waals surface area contributed by atoms with Crippen molar-refractivity contribution in [3.05, 3.63) is 45.7 Å². The van der Waals surface area contributed by atoms with Crippen LogP contribution in [-0.2, 0) is 6.54 Å². The van der Waals surface area contributed by atoms with E-state index < -0.39 is 4.92 Å². The highest BCUT2D eigenvalue weighted by molar-refractivity contribution is 6.29. The second-order valence-electron chi connectivity index (χ2n) is 2.99. The number of aromatic nitrogens is 4. The highest BCUT2D eigenvalue weighted by Gasteiger charge is 2.09. The van der Waals surface area contributed by atoms with Gasteiger partial charge in [0.2, 0.25) is 0 Å². The van der Waals surface area contributed by atoms with Crippen molar-refractivity contribution in [3.8, 4) is 0 Å². The molecule has 0 fully saturated rings. The van der Waals surface area contributed by atoms with Crippen LogP contribution in [0.1, 0.15) is 5.69 Å². The topological polar surface area (TPSA) is 86.7 Å². The largest absolute Gasteiger partial charge is 0.307 e. The number of nitrogens with zero attached hydrogens (tertiary/aromatic N) is 5. The third kappa shape index (κ3) is 2.31. The molecule has 0 N–H and O–H groups in total. The average Bonchev–Trinajstić information content (AvgIpc) is 2.66. The lowest BCUT2D eigenvalue weighted by Gasteiger charge is -1.99. The summed E-state index contributed by atoms with van der Waals surface area (Å²) in [6.07, 6.45) is 3.84. The van der Waals surface area contributed by atoms with Gasteiger partial charge in [0.25, 0.3) is 0 Å². The van der Waals surface area contributed by atoms with E-state index in [1.807, 2.05) is 0 Å². The normalized spacial score (nSPS) is 10.3. The first-order valence-electron chi connectivity index (χ1n) is 4.28. The van der Waals surface area contributed by atoms with Crippen molar-refractivity contribution in [3.63, 3.8) is 0 Å². The van der Waals surface area contributed by atoms with Gasteiger partial charge in [-0.05, 0) is 6.07 Å². The summed E-state index contributed by atoms with van der Waals surface area (Å²) >= 11 is 5.68. The van der Waals surface area contributed by atoms with Gasteiger partial charge in [-0.15, -0.1) is 0 Å². The fourth-order valence-electron chi connectivity index (χ4n) is 1.16. The Hall–Kier alpha value is -2.02. The molecule has 0 amide bonds. The molecule has 2 rings (SSSR count). The van der Waals surface area contributed by atoms with E-state index in [-0.39, 0.29) is 5.69 Å². The van der Waals surface area contributed by atoms with Crippen LogP contribution in [-0.4, -0.2) is 24.7 Å². The number of nitro groups is 1. The zero-order valence-corrected chi connectivity index (χ0v) is 8.70. The van der Waals surface area contributed by atoms with Crippen LogP contribution in [0.4, 0.5) is 5.69 Å². The van der Waals surface area contributed by atoms with E-state index in [1.54, 1.807) is 6.07 Å². The van der Waals surface area contributed by atoms with Crippen molar-refractivity contribution in [2.24, 2.45) is 0 Å². The molecule has 0 aliphatic carbocycles. The predicted octanol–water partition coefficient (Wildman–Crippen LogP) is 1.28. The lowest BCUT2D eigenvalue weighted by atomic mass is 10.4. The van der Waals surface area contributed by atoms with Crippen molar-refractivity contribution >= 4 is 17.3 Å². The minimum absolute atomic E-state index is 0.0554. The number of hydrogen-bond donors (Lipinski definition) is 0. The molecule has 0 aliphatic rings. The molecule has 0 saturated carbocycles. The van der Waals surface area contributed by atoms with Crippen LogP contribution in [0.3, 0.4) is 0 Å². The molecule has 82 valence electrons. The maximum Gasteiger partial charge on any atom is 0.307 e. The molecule has 0 unspecified atom stereocenters. The standard InChI is InChI=1S/C8H6ClN5O2/c9-8-1-6(10-5-11-8)3-13-4-7(2-12-13)14(15)16/h1-2,4-5H,3H2. The Morgan fingerprint density at radius 3 is 2.94 bits per heavy atom. The minimum Gasteiger partial charge on any atom is -0.260 e. The molecule has 8 heteroatoms. The Kier molecular flexibility index (Phi) is 2.78. The molecule has 0 aliphatic heterocycles. The summed E-state index contributed by atoms with van der Waals surface area (Å²) in [7, 11) is 0. The Balaban J connectivity index is 2.17. The molecular weight excluding hydrogens is 234 g/mol. The van der Waals surface area contributed by atoms with Gasteiger partial charge in [0.1, 0.15) is 23.9 Å². The monoisotopic (exact) mass is 239 g/mol. The zero-order chi connectivity index (χ0) is 11.5. The van der Waals surface area contributed by atoms with Gasteiger partial charge in [-0.25, -0.2) is 9.97 Å². The fraction of sp³-hybridized carbons (Fsp3) is 0.125. The summed E-state index contributed by atoms with van der Waals surface area (Å²) in [5.74, 6) is 0. The zero-order valence-electron chi connectivity index (χ0n) is 7.95. The molecule has 16 heavy (non-hydrogen) atoms. The van der Waals surface area contributed by atoms with Crippen LogP contribution in [0.5, 0.6) is 0 Å². The Labute approximate surface area is 94.9 Å². The second kappa shape index (κ2) is 4.23. The van der Waals surface area contributed by atoms with E-state index in [2.05, 4.69) is 15.1 Å². The van der Waals surface area contributed by atoms with Crippen LogP contribution < -0.4 is 0 Å². The first-order chi connectivity index (χ1) is 7.65. The van der Waals surface area contributed by atoms with E-state index in [1.165, 1.54) is 23.4 Å². The van der Waals surface area contributed by atoms with E-state index in [4.69, 9.17) is 11.6 Å². The van der Waals surface area contributed by atoms with Crippen LogP contribution in [0, 0.1) is 10.1 Å². The van der Waals surface area contributed by atoms with Crippen molar-refractivity contribution < 1.29 is 4.92 Å². The molecule has 2 aromatic heterocycles. The first kappa shape index (κ1) is 10.5. The fourth-order valence-corrected chi connectivity index (χ4v) is 1.33. The lowest BCUT2D eigenvalue weighted by molar-refractivity contribution is -0.385. The summed E-state index contributed by atoms with van der Waals surface area (Å²) in [6.45, 7) is 0.316. The molecule has 2 heterocycles. The molecule has 2 aromatic rings. The number of rotatable bonds is 3. The molecule has 0 saturated heterocycles. The molecule has 7 nitrogen and oxygen atoms in total. The highest BCUT2D eigenvalue weighted by Crippen LogP contribution is 2.10. The van der Waals surface area contributed by atoms with Gasteiger partial charge in [-0.1, -0.05) is 11.6 Å². The average molecular weight is 240 g/mol. The molecule has 0 atom stereocenters. The maximum absolute atomic E-state index is 10.4. The quantitative estimate of drug-likeness (QED) is 0.457. The molecular formula is C8H6ClN5O2. The summed E-state index contributed by atoms with van der Waals surface area (Å²) < 4.78 is 1.41. The Bertz CT molecular complexity index is 527. The van der Waals surface area contributed by atoms with Crippen molar-refractivity contribution in [1.82, 2.24) is 19.7 Å². The van der Waals surface area contributed by atoms with Gasteiger partial charge in [0.15, 0.2) is 0 Å². The van der Waals surface area contributed by atoms with Crippen molar-refractivity contribution in [1.29, 1.82) is 0 Å². The number of halogens is 1. The molecule has 0 aromatic carbocycles. The van der Waals surface area contributed by atoms with Crippen LogP contribution in [0.15, 0.2) is 24.8 Å². The van der Waals surface area contributed by atoms with Gasteiger partial charge in [0.05, 0.1) is 17.2 Å². The molecule has 0 bridgehead atoms. The summed E-state index contributed by atoms with van der Waals surface area (Å²) in [6, 6.07) is 1.58. The van der Waals surface area contributed by atoms with E-state index in [0.29, 0.717) is 17.4 Å². The maximum atomic E-state index is 10.4. The van der Waals surface area contributed by atoms with Gasteiger partial charge in [0, 0.05) is 0 Å². The van der Waals surface area contributed by atoms with E-state index in [9.17, 15) is 10.1 Å². The summed E-state index contributed by atoms with van der Waals surface area (Å²) in [4.78, 5) is 17.6. The lowest BCUT2D eigenvalue weighted by Crippen LogP contribution is -2.02. The first-order valence-corrected chi connectivity index (χ1v) is 4.66. The van der Waals surface area contributed by atoms with Gasteiger partial charge < -0.3 is 0 Å². The predicted molar refractivity (Wildman–Crippen MR) is 55.0 cm³/mol.